The maximum atomic E-state index is 11.8. The van der Waals surface area contributed by atoms with E-state index in [2.05, 4.69) is 29.2 Å². The number of nitrogens with two attached hydrogens (primary N) is 1. The lowest BCUT2D eigenvalue weighted by molar-refractivity contribution is 0.0533. The first-order chi connectivity index (χ1) is 9.69. The minimum Gasteiger partial charge on any atom is -0.462 e. The highest BCUT2D eigenvalue weighted by Gasteiger charge is 2.23. The van der Waals surface area contributed by atoms with Gasteiger partial charge in [-0.25, -0.2) is 4.79 Å². The van der Waals surface area contributed by atoms with Crippen LogP contribution in [0, 0.1) is 0 Å². The normalized spacial score (nSPS) is 13.3. The molecule has 0 aliphatic carbocycles. The fourth-order valence-electron chi connectivity index (χ4n) is 2.39. The minimum absolute atomic E-state index is 0.335. The second kappa shape index (κ2) is 5.17. The Labute approximate surface area is 121 Å². The molecule has 0 radical (unpaired) electrons. The van der Waals surface area contributed by atoms with Crippen LogP contribution in [0.3, 0.4) is 0 Å². The molecule has 0 saturated carbocycles. The zero-order valence-corrected chi connectivity index (χ0v) is 12.1. The average Bonchev–Trinajstić information content (AvgIpc) is 3.02. The largest absolute Gasteiger partial charge is 0.462 e. The van der Waals surface area contributed by atoms with Crippen LogP contribution in [0.15, 0.2) is 30.3 Å². The monoisotopic (exact) mass is 288 g/mol. The fraction of sp³-hybridized carbons (Fsp3) is 0.267. The number of hydrogen-bond acceptors (Lipinski definition) is 5. The lowest BCUT2D eigenvalue weighted by atomic mass is 10.1. The zero-order chi connectivity index (χ0) is 14.1. The Balaban J connectivity index is 1.83. The molecule has 2 aromatic rings. The molecule has 0 spiro atoms. The molecular formula is C15H16N2O2S. The summed E-state index contributed by atoms with van der Waals surface area (Å²) in [4.78, 5) is 14.5. The summed E-state index contributed by atoms with van der Waals surface area (Å²) in [5.41, 5.74) is 9.09. The Hall–Kier alpha value is -2.01. The van der Waals surface area contributed by atoms with Gasteiger partial charge in [0.1, 0.15) is 4.88 Å². The second-order valence-electron chi connectivity index (χ2n) is 4.71. The van der Waals surface area contributed by atoms with Gasteiger partial charge in [0, 0.05) is 13.1 Å². The highest BCUT2D eigenvalue weighted by Crippen LogP contribution is 2.37. The lowest BCUT2D eigenvalue weighted by Crippen LogP contribution is -2.12. The van der Waals surface area contributed by atoms with Crippen molar-refractivity contribution in [2.24, 2.45) is 0 Å². The molecule has 0 fully saturated rings. The molecule has 0 unspecified atom stereocenters. The summed E-state index contributed by atoms with van der Waals surface area (Å²) in [5.74, 6) is -0.335. The molecule has 3 rings (SSSR count). The summed E-state index contributed by atoms with van der Waals surface area (Å²) >= 11 is 1.40. The number of ether oxygens (including phenoxy) is 1. The number of fused-ring (bicyclic) bond motifs is 1. The van der Waals surface area contributed by atoms with E-state index in [0.29, 0.717) is 17.2 Å². The smallest absolute Gasteiger partial charge is 0.350 e. The fourth-order valence-corrected chi connectivity index (χ4v) is 3.36. The van der Waals surface area contributed by atoms with Crippen molar-refractivity contribution in [3.63, 3.8) is 0 Å². The minimum atomic E-state index is -0.335. The molecule has 1 aliphatic rings. The Kier molecular flexibility index (Phi) is 3.36. The van der Waals surface area contributed by atoms with Crippen molar-refractivity contribution in [3.8, 4) is 0 Å². The Morgan fingerprint density at radius 3 is 2.60 bits per heavy atom. The van der Waals surface area contributed by atoms with E-state index < -0.39 is 0 Å². The van der Waals surface area contributed by atoms with Gasteiger partial charge in [0.2, 0.25) is 0 Å². The summed E-state index contributed by atoms with van der Waals surface area (Å²) in [6.07, 6.45) is 0. The van der Waals surface area contributed by atoms with Crippen molar-refractivity contribution in [1.29, 1.82) is 0 Å². The van der Waals surface area contributed by atoms with Gasteiger partial charge in [0.25, 0.3) is 0 Å². The van der Waals surface area contributed by atoms with Gasteiger partial charge in [-0.1, -0.05) is 24.3 Å². The zero-order valence-electron chi connectivity index (χ0n) is 11.3. The van der Waals surface area contributed by atoms with E-state index in [0.717, 1.165) is 18.1 Å². The number of benzene rings is 1. The number of anilines is 2. The van der Waals surface area contributed by atoms with Crippen LogP contribution in [-0.4, -0.2) is 12.6 Å². The molecule has 0 atom stereocenters. The van der Waals surface area contributed by atoms with Crippen LogP contribution < -0.4 is 10.6 Å². The van der Waals surface area contributed by atoms with E-state index >= 15 is 0 Å². The van der Waals surface area contributed by atoms with Crippen molar-refractivity contribution in [2.75, 3.05) is 17.2 Å². The number of esters is 1. The van der Waals surface area contributed by atoms with Gasteiger partial charge in [-0.15, -0.1) is 11.3 Å². The van der Waals surface area contributed by atoms with Crippen LogP contribution in [0.25, 0.3) is 0 Å². The van der Waals surface area contributed by atoms with Crippen molar-refractivity contribution in [1.82, 2.24) is 0 Å². The molecule has 0 saturated heterocycles. The Bertz CT molecular complexity index is 626. The first kappa shape index (κ1) is 13.0. The van der Waals surface area contributed by atoms with Gasteiger partial charge in [0.15, 0.2) is 0 Å². The molecule has 0 bridgehead atoms. The third-order valence-corrected chi connectivity index (χ3v) is 4.55. The number of hydrogen-bond donors (Lipinski definition) is 1. The van der Waals surface area contributed by atoms with Crippen LogP contribution in [0.4, 0.5) is 10.7 Å². The van der Waals surface area contributed by atoms with Crippen LogP contribution >= 0.6 is 11.3 Å². The molecule has 104 valence electrons. The third kappa shape index (κ3) is 2.25. The van der Waals surface area contributed by atoms with E-state index in [-0.39, 0.29) is 5.97 Å². The van der Waals surface area contributed by atoms with E-state index in [9.17, 15) is 4.79 Å². The summed E-state index contributed by atoms with van der Waals surface area (Å²) in [7, 11) is 0. The molecule has 1 aromatic heterocycles. The van der Waals surface area contributed by atoms with Gasteiger partial charge in [-0.2, -0.15) is 0 Å². The highest BCUT2D eigenvalue weighted by atomic mass is 32.1. The summed E-state index contributed by atoms with van der Waals surface area (Å²) in [6, 6.07) is 10.2. The SMILES string of the molecule is CCOC(=O)c1sc(N2Cc3ccccc3C2)cc1N. The molecule has 5 heteroatoms. The molecule has 2 N–H and O–H groups in total. The quantitative estimate of drug-likeness (QED) is 0.882. The van der Waals surface area contributed by atoms with Crippen molar-refractivity contribution in [2.45, 2.75) is 20.0 Å². The van der Waals surface area contributed by atoms with Crippen LogP contribution in [0.2, 0.25) is 0 Å². The maximum absolute atomic E-state index is 11.8. The first-order valence-electron chi connectivity index (χ1n) is 6.57. The summed E-state index contributed by atoms with van der Waals surface area (Å²) in [6.45, 7) is 3.87. The van der Waals surface area contributed by atoms with Gasteiger partial charge in [0.05, 0.1) is 17.3 Å². The predicted molar refractivity (Wildman–Crippen MR) is 81.0 cm³/mol. The molecule has 20 heavy (non-hydrogen) atoms. The predicted octanol–water partition coefficient (Wildman–Crippen LogP) is 3.03. The Morgan fingerprint density at radius 1 is 1.35 bits per heavy atom. The standard InChI is InChI=1S/C15H16N2O2S/c1-2-19-15(18)14-12(16)7-13(20-14)17-8-10-5-3-4-6-11(10)9-17/h3-7H,2,8-9,16H2,1H3. The first-order valence-corrected chi connectivity index (χ1v) is 7.39. The molecular weight excluding hydrogens is 272 g/mol. The number of nitrogens with zero attached hydrogens (tertiary/aromatic N) is 1. The molecule has 1 aliphatic heterocycles. The van der Waals surface area contributed by atoms with Crippen LogP contribution in [0.5, 0.6) is 0 Å². The number of thiophene rings is 1. The van der Waals surface area contributed by atoms with Crippen molar-refractivity contribution >= 4 is 28.0 Å². The topological polar surface area (TPSA) is 55.6 Å². The molecule has 0 amide bonds. The number of rotatable bonds is 3. The van der Waals surface area contributed by atoms with Gasteiger partial charge < -0.3 is 15.4 Å². The van der Waals surface area contributed by atoms with E-state index in [1.807, 2.05) is 6.07 Å². The number of carbonyl (C=O) groups excluding carboxylic acids is 1. The van der Waals surface area contributed by atoms with Crippen molar-refractivity contribution in [3.05, 3.63) is 46.3 Å². The molecule has 1 aromatic carbocycles. The second-order valence-corrected chi connectivity index (χ2v) is 5.74. The Morgan fingerprint density at radius 2 is 2.00 bits per heavy atom. The van der Waals surface area contributed by atoms with E-state index in [1.165, 1.54) is 22.5 Å². The van der Waals surface area contributed by atoms with Gasteiger partial charge >= 0.3 is 5.97 Å². The summed E-state index contributed by atoms with van der Waals surface area (Å²) in [5, 5.41) is 1.02. The molecule has 4 nitrogen and oxygen atoms in total. The third-order valence-electron chi connectivity index (χ3n) is 3.36. The van der Waals surface area contributed by atoms with Gasteiger partial charge in [-0.3, -0.25) is 0 Å². The van der Waals surface area contributed by atoms with Gasteiger partial charge in [-0.05, 0) is 24.1 Å². The maximum Gasteiger partial charge on any atom is 0.350 e. The summed E-state index contributed by atoms with van der Waals surface area (Å²) < 4.78 is 5.02. The molecule has 2 heterocycles. The van der Waals surface area contributed by atoms with E-state index in [4.69, 9.17) is 10.5 Å². The average molecular weight is 288 g/mol. The van der Waals surface area contributed by atoms with E-state index in [1.54, 1.807) is 6.92 Å². The van der Waals surface area contributed by atoms with Crippen molar-refractivity contribution < 1.29 is 9.53 Å². The number of nitrogen functional groups attached to an aromatic ring is 1. The van der Waals surface area contributed by atoms with Crippen LogP contribution in [0.1, 0.15) is 27.7 Å². The van der Waals surface area contributed by atoms with Crippen LogP contribution in [-0.2, 0) is 17.8 Å². The lowest BCUT2D eigenvalue weighted by Gasteiger charge is -2.14. The highest BCUT2D eigenvalue weighted by molar-refractivity contribution is 7.18. The number of carbonyl (C=O) groups is 1.